The zero-order valence-corrected chi connectivity index (χ0v) is 19.6. The Labute approximate surface area is 190 Å². The van der Waals surface area contributed by atoms with Crippen molar-refractivity contribution in [2.75, 3.05) is 32.0 Å². The molecule has 0 radical (unpaired) electrons. The molecule has 7 nitrogen and oxygen atoms in total. The molecule has 1 N–H and O–H groups in total. The van der Waals surface area contributed by atoms with Crippen LogP contribution in [0.15, 0.2) is 18.2 Å². The van der Waals surface area contributed by atoms with E-state index in [-0.39, 0.29) is 17.7 Å². The lowest BCUT2D eigenvalue weighted by Crippen LogP contribution is -2.39. The molecule has 1 fully saturated rings. The van der Waals surface area contributed by atoms with Crippen molar-refractivity contribution < 1.29 is 9.59 Å². The van der Waals surface area contributed by atoms with Gasteiger partial charge in [0.1, 0.15) is 11.6 Å². The Morgan fingerprint density at radius 1 is 1.12 bits per heavy atom. The number of carbonyl (C=O) groups is 2. The number of rotatable bonds is 4. The Morgan fingerprint density at radius 2 is 1.94 bits per heavy atom. The fourth-order valence-electron chi connectivity index (χ4n) is 4.71. The predicted molar refractivity (Wildman–Crippen MR) is 125 cm³/mol. The van der Waals surface area contributed by atoms with E-state index >= 15 is 0 Å². The Bertz CT molecular complexity index is 1020. The van der Waals surface area contributed by atoms with Crippen LogP contribution in [0.3, 0.4) is 0 Å². The molecule has 7 heteroatoms. The molecular weight excluding hydrogens is 402 g/mol. The van der Waals surface area contributed by atoms with Crippen molar-refractivity contribution >= 4 is 17.6 Å². The molecule has 0 bridgehead atoms. The van der Waals surface area contributed by atoms with Crippen LogP contribution in [-0.2, 0) is 29.0 Å². The number of fused-ring (bicyclic) bond motifs is 1. The highest BCUT2D eigenvalue weighted by Crippen LogP contribution is 2.30. The first-order valence-electron chi connectivity index (χ1n) is 11.5. The number of aryl methyl sites for hydroxylation is 2. The molecule has 0 saturated carbocycles. The summed E-state index contributed by atoms with van der Waals surface area (Å²) in [4.78, 5) is 38.4. The second-order valence-corrected chi connectivity index (χ2v) is 9.07. The molecule has 1 unspecified atom stereocenters. The lowest BCUT2D eigenvalue weighted by molar-refractivity contribution is -0.131. The number of carbonyl (C=O) groups excluding carboxylic acids is 2. The molecule has 2 aromatic rings. The molecule has 0 spiro atoms. The lowest BCUT2D eigenvalue weighted by atomic mass is 9.96. The van der Waals surface area contributed by atoms with Gasteiger partial charge in [-0.25, -0.2) is 9.97 Å². The summed E-state index contributed by atoms with van der Waals surface area (Å²) in [5.74, 6) is 2.02. The average Bonchev–Trinajstić information content (AvgIpc) is 2.80. The molecule has 1 atom stereocenters. The maximum Gasteiger partial charge on any atom is 0.227 e. The van der Waals surface area contributed by atoms with Crippen LogP contribution in [0.25, 0.3) is 0 Å². The molecule has 170 valence electrons. The quantitative estimate of drug-likeness (QED) is 0.799. The van der Waals surface area contributed by atoms with Crippen molar-refractivity contribution in [1.29, 1.82) is 0 Å². The van der Waals surface area contributed by atoms with E-state index in [1.807, 2.05) is 22.9 Å². The first-order chi connectivity index (χ1) is 15.4. The summed E-state index contributed by atoms with van der Waals surface area (Å²) in [5, 5.41) is 3.22. The van der Waals surface area contributed by atoms with Gasteiger partial charge in [-0.3, -0.25) is 9.59 Å². The first kappa shape index (κ1) is 22.2. The third-order valence-corrected chi connectivity index (χ3v) is 6.83. The SMILES string of the molecule is CNc1nc(C2CCCN(C(C)=O)C2)nc2c1CN(C(=O)Cc1ccc(C)c(C)c1)CC2. The summed E-state index contributed by atoms with van der Waals surface area (Å²) in [5.41, 5.74) is 5.54. The largest absolute Gasteiger partial charge is 0.373 e. The van der Waals surface area contributed by atoms with Gasteiger partial charge in [-0.05, 0) is 43.4 Å². The Morgan fingerprint density at radius 3 is 2.66 bits per heavy atom. The molecule has 1 aromatic carbocycles. The minimum Gasteiger partial charge on any atom is -0.373 e. The van der Waals surface area contributed by atoms with Gasteiger partial charge in [-0.15, -0.1) is 0 Å². The number of benzene rings is 1. The molecule has 2 aliphatic heterocycles. The highest BCUT2D eigenvalue weighted by Gasteiger charge is 2.29. The number of likely N-dealkylation sites (tertiary alicyclic amines) is 1. The van der Waals surface area contributed by atoms with E-state index < -0.39 is 0 Å². The molecule has 2 amide bonds. The third kappa shape index (κ3) is 4.61. The first-order valence-corrected chi connectivity index (χ1v) is 11.5. The number of nitrogens with zero attached hydrogens (tertiary/aromatic N) is 4. The summed E-state index contributed by atoms with van der Waals surface area (Å²) in [6, 6.07) is 6.23. The molecule has 2 aliphatic rings. The van der Waals surface area contributed by atoms with Gasteiger partial charge in [0.05, 0.1) is 18.7 Å². The Kier molecular flexibility index (Phi) is 6.44. The van der Waals surface area contributed by atoms with Gasteiger partial charge in [0.25, 0.3) is 0 Å². The second-order valence-electron chi connectivity index (χ2n) is 9.07. The van der Waals surface area contributed by atoms with E-state index in [0.717, 1.165) is 54.3 Å². The van der Waals surface area contributed by atoms with Crippen LogP contribution in [0.2, 0.25) is 0 Å². The molecule has 3 heterocycles. The van der Waals surface area contributed by atoms with Gasteiger partial charge in [0.15, 0.2) is 0 Å². The van der Waals surface area contributed by atoms with E-state index in [9.17, 15) is 9.59 Å². The number of aromatic nitrogens is 2. The van der Waals surface area contributed by atoms with Crippen molar-refractivity contribution in [3.63, 3.8) is 0 Å². The summed E-state index contributed by atoms with van der Waals surface area (Å²) in [7, 11) is 1.87. The highest BCUT2D eigenvalue weighted by molar-refractivity contribution is 5.79. The highest BCUT2D eigenvalue weighted by atomic mass is 16.2. The van der Waals surface area contributed by atoms with E-state index in [0.29, 0.717) is 26.1 Å². The van der Waals surface area contributed by atoms with Crippen molar-refractivity contribution in [1.82, 2.24) is 19.8 Å². The normalized spacial score (nSPS) is 18.3. The van der Waals surface area contributed by atoms with Crippen LogP contribution in [0, 0.1) is 13.8 Å². The Balaban J connectivity index is 1.51. The monoisotopic (exact) mass is 435 g/mol. The molecule has 1 aromatic heterocycles. The van der Waals surface area contributed by atoms with Crippen molar-refractivity contribution in [2.24, 2.45) is 0 Å². The van der Waals surface area contributed by atoms with Crippen LogP contribution >= 0.6 is 0 Å². The number of anilines is 1. The van der Waals surface area contributed by atoms with Crippen LogP contribution in [0.4, 0.5) is 5.82 Å². The van der Waals surface area contributed by atoms with Crippen LogP contribution in [0.5, 0.6) is 0 Å². The van der Waals surface area contributed by atoms with Gasteiger partial charge >= 0.3 is 0 Å². The average molecular weight is 436 g/mol. The summed E-state index contributed by atoms with van der Waals surface area (Å²) < 4.78 is 0. The van der Waals surface area contributed by atoms with Gasteiger partial charge in [-0.1, -0.05) is 18.2 Å². The lowest BCUT2D eigenvalue weighted by Gasteiger charge is -2.33. The van der Waals surface area contributed by atoms with E-state index in [4.69, 9.17) is 9.97 Å². The van der Waals surface area contributed by atoms with Crippen molar-refractivity contribution in [3.8, 4) is 0 Å². The molecule has 32 heavy (non-hydrogen) atoms. The van der Waals surface area contributed by atoms with Crippen LogP contribution < -0.4 is 5.32 Å². The maximum absolute atomic E-state index is 13.0. The minimum atomic E-state index is 0.111. The molecule has 0 aliphatic carbocycles. The molecular formula is C25H33N5O2. The van der Waals surface area contributed by atoms with E-state index in [1.54, 1.807) is 6.92 Å². The fourth-order valence-corrected chi connectivity index (χ4v) is 4.71. The van der Waals surface area contributed by atoms with Crippen LogP contribution in [-0.4, -0.2) is 58.3 Å². The minimum absolute atomic E-state index is 0.111. The topological polar surface area (TPSA) is 78.4 Å². The van der Waals surface area contributed by atoms with Gasteiger partial charge in [0.2, 0.25) is 11.8 Å². The van der Waals surface area contributed by atoms with E-state index in [1.165, 1.54) is 11.1 Å². The zero-order chi connectivity index (χ0) is 22.8. The maximum atomic E-state index is 13.0. The smallest absolute Gasteiger partial charge is 0.227 e. The summed E-state index contributed by atoms with van der Waals surface area (Å²) in [6.45, 7) is 8.47. The van der Waals surface area contributed by atoms with Gasteiger partial charge < -0.3 is 15.1 Å². The van der Waals surface area contributed by atoms with Gasteiger partial charge in [-0.2, -0.15) is 0 Å². The number of hydrogen-bond acceptors (Lipinski definition) is 5. The summed E-state index contributed by atoms with van der Waals surface area (Å²) in [6.07, 6.45) is 3.10. The number of piperidine rings is 1. The standard InChI is InChI=1S/C25H33N5O2/c1-16-7-8-19(12-17(16)2)13-23(32)30-11-9-22-21(15-30)25(26-4)28-24(27-22)20-6-5-10-29(14-20)18(3)31/h7-8,12,20H,5-6,9-11,13-15H2,1-4H3,(H,26,27,28). The zero-order valence-electron chi connectivity index (χ0n) is 19.6. The predicted octanol–water partition coefficient (Wildman–Crippen LogP) is 2.99. The number of hydrogen-bond donors (Lipinski definition) is 1. The van der Waals surface area contributed by atoms with Crippen LogP contribution in [0.1, 0.15) is 59.5 Å². The van der Waals surface area contributed by atoms with Crippen molar-refractivity contribution in [2.45, 2.75) is 58.9 Å². The molecule has 4 rings (SSSR count). The number of nitrogens with one attached hydrogen (secondary N) is 1. The molecule has 1 saturated heterocycles. The van der Waals surface area contributed by atoms with Crippen molar-refractivity contribution in [3.05, 3.63) is 52.0 Å². The third-order valence-electron chi connectivity index (χ3n) is 6.83. The fraction of sp³-hybridized carbons (Fsp3) is 0.520. The summed E-state index contributed by atoms with van der Waals surface area (Å²) >= 11 is 0. The van der Waals surface area contributed by atoms with E-state index in [2.05, 4.69) is 31.3 Å². The number of amides is 2. The van der Waals surface area contributed by atoms with Gasteiger partial charge in [0, 0.05) is 51.5 Å². The Hall–Kier alpha value is -2.96. The second kappa shape index (κ2) is 9.27.